The van der Waals surface area contributed by atoms with Crippen molar-refractivity contribution in [3.63, 3.8) is 0 Å². The minimum Gasteiger partial charge on any atom is -0.387 e. The van der Waals surface area contributed by atoms with E-state index in [1.54, 1.807) is 0 Å². The monoisotopic (exact) mass is 158 g/mol. The molecule has 0 radical (unpaired) electrons. The van der Waals surface area contributed by atoms with Gasteiger partial charge in [-0.15, -0.1) is 0 Å². The van der Waals surface area contributed by atoms with Crippen LogP contribution in [0.25, 0.3) is 0 Å². The Kier molecular flexibility index (Phi) is 3.32. The van der Waals surface area contributed by atoms with E-state index in [0.717, 1.165) is 19.5 Å². The molecule has 0 aliphatic carbocycles. The molecule has 1 aliphatic rings. The second-order valence-electron chi connectivity index (χ2n) is 2.82. The zero-order valence-electron chi connectivity index (χ0n) is 6.47. The Bertz CT molecular complexity index is 134. The van der Waals surface area contributed by atoms with Gasteiger partial charge in [0.15, 0.2) is 0 Å². The minimum atomic E-state index is -0.400. The fraction of sp³-hybridized carbons (Fsp3) is 0.857. The lowest BCUT2D eigenvalue weighted by Crippen LogP contribution is -2.43. The molecule has 4 nitrogen and oxygen atoms in total. The second kappa shape index (κ2) is 4.31. The fourth-order valence-electron chi connectivity index (χ4n) is 1.02. The molecule has 0 aromatic carbocycles. The maximum Gasteiger partial charge on any atom is 0.245 e. The quantitative estimate of drug-likeness (QED) is 0.477. The van der Waals surface area contributed by atoms with E-state index in [1.807, 2.05) is 0 Å². The summed E-state index contributed by atoms with van der Waals surface area (Å²) in [7, 11) is 0. The van der Waals surface area contributed by atoms with Crippen LogP contribution in [0.1, 0.15) is 6.42 Å². The Balaban J connectivity index is 1.90. The largest absolute Gasteiger partial charge is 0.387 e. The van der Waals surface area contributed by atoms with Crippen LogP contribution in [-0.4, -0.2) is 37.3 Å². The third kappa shape index (κ3) is 2.86. The lowest BCUT2D eigenvalue weighted by molar-refractivity contribution is -0.123. The summed E-state index contributed by atoms with van der Waals surface area (Å²) in [4.78, 5) is 10.5. The summed E-state index contributed by atoms with van der Waals surface area (Å²) in [5, 5.41) is 14.1. The zero-order valence-corrected chi connectivity index (χ0v) is 6.47. The summed E-state index contributed by atoms with van der Waals surface area (Å²) in [5.41, 5.74) is 0. The first-order chi connectivity index (χ1) is 5.33. The van der Waals surface area contributed by atoms with Gasteiger partial charge in [0.1, 0.15) is 6.61 Å². The number of hydrogen-bond acceptors (Lipinski definition) is 3. The average molecular weight is 158 g/mol. The third-order valence-electron chi connectivity index (χ3n) is 1.88. The number of nitrogens with one attached hydrogen (secondary N) is 2. The van der Waals surface area contributed by atoms with E-state index in [2.05, 4.69) is 10.6 Å². The number of aliphatic hydroxyl groups is 1. The molecule has 1 amide bonds. The maximum atomic E-state index is 10.5. The highest BCUT2D eigenvalue weighted by Gasteiger charge is 2.15. The summed E-state index contributed by atoms with van der Waals surface area (Å²) in [6.07, 6.45) is 1.01. The summed E-state index contributed by atoms with van der Waals surface area (Å²) >= 11 is 0. The zero-order chi connectivity index (χ0) is 8.10. The van der Waals surface area contributed by atoms with E-state index in [0.29, 0.717) is 12.5 Å². The van der Waals surface area contributed by atoms with Gasteiger partial charge in [0.05, 0.1) is 0 Å². The van der Waals surface area contributed by atoms with Crippen molar-refractivity contribution in [2.45, 2.75) is 6.42 Å². The highest BCUT2D eigenvalue weighted by molar-refractivity contribution is 5.76. The highest BCUT2D eigenvalue weighted by atomic mass is 16.3. The van der Waals surface area contributed by atoms with Gasteiger partial charge in [0, 0.05) is 6.54 Å². The summed E-state index contributed by atoms with van der Waals surface area (Å²) < 4.78 is 0. The molecule has 1 saturated heterocycles. The Morgan fingerprint density at radius 2 is 2.36 bits per heavy atom. The molecule has 1 fully saturated rings. The second-order valence-corrected chi connectivity index (χ2v) is 2.82. The first kappa shape index (κ1) is 8.49. The van der Waals surface area contributed by atoms with Crippen molar-refractivity contribution >= 4 is 5.91 Å². The molecule has 3 N–H and O–H groups in total. The molecule has 0 atom stereocenters. The van der Waals surface area contributed by atoms with Gasteiger partial charge in [-0.05, 0) is 25.4 Å². The van der Waals surface area contributed by atoms with Gasteiger partial charge in [-0.2, -0.15) is 0 Å². The first-order valence-electron chi connectivity index (χ1n) is 3.91. The van der Waals surface area contributed by atoms with Crippen LogP contribution in [0.15, 0.2) is 0 Å². The Labute approximate surface area is 66.0 Å². The highest BCUT2D eigenvalue weighted by Crippen LogP contribution is 2.05. The Morgan fingerprint density at radius 1 is 1.64 bits per heavy atom. The molecule has 0 aromatic heterocycles. The van der Waals surface area contributed by atoms with Crippen LogP contribution in [0.3, 0.4) is 0 Å². The third-order valence-corrected chi connectivity index (χ3v) is 1.88. The van der Waals surface area contributed by atoms with Crippen LogP contribution < -0.4 is 10.6 Å². The van der Waals surface area contributed by atoms with Gasteiger partial charge in [0.25, 0.3) is 0 Å². The topological polar surface area (TPSA) is 61.4 Å². The smallest absolute Gasteiger partial charge is 0.245 e. The molecule has 0 saturated carbocycles. The van der Waals surface area contributed by atoms with Crippen molar-refractivity contribution in [2.75, 3.05) is 26.2 Å². The minimum absolute atomic E-state index is 0.280. The molecule has 4 heteroatoms. The number of carbonyl (C=O) groups excluding carboxylic acids is 1. The molecule has 1 aliphatic heterocycles. The van der Waals surface area contributed by atoms with Gasteiger partial charge in [-0.3, -0.25) is 4.79 Å². The summed E-state index contributed by atoms with van der Waals surface area (Å²) in [6, 6.07) is 0. The van der Waals surface area contributed by atoms with Crippen LogP contribution in [-0.2, 0) is 4.79 Å². The van der Waals surface area contributed by atoms with E-state index in [4.69, 9.17) is 5.11 Å². The number of amides is 1. The van der Waals surface area contributed by atoms with E-state index < -0.39 is 6.61 Å². The normalized spacial score (nSPS) is 17.5. The van der Waals surface area contributed by atoms with Crippen LogP contribution in [0.2, 0.25) is 0 Å². The molecule has 11 heavy (non-hydrogen) atoms. The lowest BCUT2D eigenvalue weighted by atomic mass is 10.00. The standard InChI is InChI=1S/C7H14N2O2/c10-5-7(11)9-2-1-6-3-8-4-6/h6,8,10H,1-5H2,(H,9,11). The van der Waals surface area contributed by atoms with Crippen molar-refractivity contribution < 1.29 is 9.90 Å². The van der Waals surface area contributed by atoms with Gasteiger partial charge < -0.3 is 15.7 Å². The molecule has 1 heterocycles. The van der Waals surface area contributed by atoms with Crippen molar-refractivity contribution in [1.82, 2.24) is 10.6 Å². The lowest BCUT2D eigenvalue weighted by Gasteiger charge is -2.26. The van der Waals surface area contributed by atoms with Crippen molar-refractivity contribution in [1.29, 1.82) is 0 Å². The molecule has 1 rings (SSSR count). The van der Waals surface area contributed by atoms with Gasteiger partial charge in [0.2, 0.25) is 5.91 Å². The van der Waals surface area contributed by atoms with E-state index in [9.17, 15) is 4.79 Å². The summed E-state index contributed by atoms with van der Waals surface area (Å²) in [5.74, 6) is 0.436. The number of hydrogen-bond donors (Lipinski definition) is 3. The van der Waals surface area contributed by atoms with Gasteiger partial charge >= 0.3 is 0 Å². The predicted molar refractivity (Wildman–Crippen MR) is 41.1 cm³/mol. The van der Waals surface area contributed by atoms with Crippen molar-refractivity contribution in [2.24, 2.45) is 5.92 Å². The van der Waals surface area contributed by atoms with Crippen LogP contribution in [0.5, 0.6) is 0 Å². The molecule has 64 valence electrons. The molecule has 0 bridgehead atoms. The van der Waals surface area contributed by atoms with Gasteiger partial charge in [-0.25, -0.2) is 0 Å². The first-order valence-corrected chi connectivity index (χ1v) is 3.91. The molecule has 0 spiro atoms. The van der Waals surface area contributed by atoms with E-state index in [1.165, 1.54) is 0 Å². The predicted octanol–water partition coefficient (Wildman–Crippen LogP) is -1.30. The van der Waals surface area contributed by atoms with E-state index >= 15 is 0 Å². The Hall–Kier alpha value is -0.610. The van der Waals surface area contributed by atoms with Crippen molar-refractivity contribution in [3.05, 3.63) is 0 Å². The van der Waals surface area contributed by atoms with E-state index in [-0.39, 0.29) is 5.91 Å². The number of carbonyl (C=O) groups is 1. The number of aliphatic hydroxyl groups excluding tert-OH is 1. The molecular weight excluding hydrogens is 144 g/mol. The maximum absolute atomic E-state index is 10.5. The molecule has 0 unspecified atom stereocenters. The average Bonchev–Trinajstić information content (AvgIpc) is 1.94. The number of rotatable bonds is 4. The Morgan fingerprint density at radius 3 is 2.82 bits per heavy atom. The van der Waals surface area contributed by atoms with Crippen LogP contribution in [0.4, 0.5) is 0 Å². The SMILES string of the molecule is O=C(CO)NCCC1CNC1. The fourth-order valence-corrected chi connectivity index (χ4v) is 1.02. The van der Waals surface area contributed by atoms with Gasteiger partial charge in [-0.1, -0.05) is 0 Å². The van der Waals surface area contributed by atoms with Crippen LogP contribution in [0, 0.1) is 5.92 Å². The van der Waals surface area contributed by atoms with Crippen molar-refractivity contribution in [3.8, 4) is 0 Å². The molecule has 0 aromatic rings. The van der Waals surface area contributed by atoms with Crippen LogP contribution >= 0.6 is 0 Å². The molecular formula is C7H14N2O2. The summed E-state index contributed by atoms with van der Waals surface area (Å²) in [6.45, 7) is 2.42.